The van der Waals surface area contributed by atoms with Crippen molar-refractivity contribution in [3.05, 3.63) is 27.7 Å². The number of benzene rings is 1. The summed E-state index contributed by atoms with van der Waals surface area (Å²) < 4.78 is 0.775. The van der Waals surface area contributed by atoms with Crippen LogP contribution in [-0.2, 0) is 4.79 Å². The molecule has 1 aliphatic rings. The maximum atomic E-state index is 12.5. The molecular formula is C14H18BrClN2O. The Kier molecular flexibility index (Phi) is 4.87. The molecule has 0 unspecified atom stereocenters. The Morgan fingerprint density at radius 3 is 2.63 bits per heavy atom. The molecule has 1 saturated carbocycles. The van der Waals surface area contributed by atoms with Crippen LogP contribution in [0.4, 0.5) is 5.69 Å². The van der Waals surface area contributed by atoms with Crippen molar-refractivity contribution >= 4 is 39.1 Å². The van der Waals surface area contributed by atoms with Gasteiger partial charge in [0.25, 0.3) is 0 Å². The summed E-state index contributed by atoms with van der Waals surface area (Å²) >= 11 is 9.30. The van der Waals surface area contributed by atoms with Crippen LogP contribution >= 0.6 is 27.5 Å². The van der Waals surface area contributed by atoms with Gasteiger partial charge >= 0.3 is 0 Å². The maximum Gasteiger partial charge on any atom is 0.231 e. The van der Waals surface area contributed by atoms with E-state index in [4.69, 9.17) is 17.3 Å². The second-order valence-corrected chi connectivity index (χ2v) is 6.39. The van der Waals surface area contributed by atoms with E-state index in [1.54, 1.807) is 12.1 Å². The molecule has 0 aliphatic heterocycles. The van der Waals surface area contributed by atoms with Crippen molar-refractivity contribution in [2.45, 2.75) is 32.1 Å². The third kappa shape index (κ3) is 3.30. The van der Waals surface area contributed by atoms with Crippen molar-refractivity contribution in [1.29, 1.82) is 0 Å². The Labute approximate surface area is 127 Å². The highest BCUT2D eigenvalue weighted by Gasteiger charge is 2.38. The van der Waals surface area contributed by atoms with Gasteiger partial charge in [-0.25, -0.2) is 0 Å². The van der Waals surface area contributed by atoms with E-state index in [9.17, 15) is 4.79 Å². The van der Waals surface area contributed by atoms with Crippen LogP contribution in [0.15, 0.2) is 22.7 Å². The van der Waals surface area contributed by atoms with Crippen LogP contribution in [0.2, 0.25) is 5.02 Å². The van der Waals surface area contributed by atoms with E-state index < -0.39 is 5.41 Å². The van der Waals surface area contributed by atoms with Gasteiger partial charge in [-0.05, 0) is 47.0 Å². The second-order valence-electron chi connectivity index (χ2n) is 5.13. The van der Waals surface area contributed by atoms with Crippen molar-refractivity contribution in [2.24, 2.45) is 11.1 Å². The zero-order valence-corrected chi connectivity index (χ0v) is 13.1. The monoisotopic (exact) mass is 344 g/mol. The zero-order chi connectivity index (χ0) is 13.9. The molecule has 19 heavy (non-hydrogen) atoms. The number of carbonyl (C=O) groups is 1. The lowest BCUT2D eigenvalue weighted by Gasteiger charge is -2.34. The molecule has 3 nitrogen and oxygen atoms in total. The van der Waals surface area contributed by atoms with E-state index in [0.29, 0.717) is 11.6 Å². The van der Waals surface area contributed by atoms with Gasteiger partial charge in [0.2, 0.25) is 5.91 Å². The lowest BCUT2D eigenvalue weighted by Crippen LogP contribution is -2.43. The highest BCUT2D eigenvalue weighted by Crippen LogP contribution is 2.36. The number of anilines is 1. The van der Waals surface area contributed by atoms with Crippen molar-refractivity contribution in [2.75, 3.05) is 11.9 Å². The fraction of sp³-hybridized carbons (Fsp3) is 0.500. The van der Waals surface area contributed by atoms with Gasteiger partial charge in [-0.15, -0.1) is 0 Å². The van der Waals surface area contributed by atoms with E-state index >= 15 is 0 Å². The fourth-order valence-electron chi connectivity index (χ4n) is 2.59. The van der Waals surface area contributed by atoms with E-state index in [-0.39, 0.29) is 5.91 Å². The van der Waals surface area contributed by atoms with Crippen LogP contribution in [0, 0.1) is 5.41 Å². The first-order chi connectivity index (χ1) is 9.07. The Bertz CT molecular complexity index is 473. The van der Waals surface area contributed by atoms with Crippen molar-refractivity contribution in [1.82, 2.24) is 0 Å². The zero-order valence-electron chi connectivity index (χ0n) is 10.7. The number of hydrogen-bond acceptors (Lipinski definition) is 2. The molecule has 1 aromatic rings. The number of hydrogen-bond donors (Lipinski definition) is 2. The molecule has 2 rings (SSSR count). The summed E-state index contributed by atoms with van der Waals surface area (Å²) in [6.07, 6.45) is 5.11. The minimum absolute atomic E-state index is 0.0314. The highest BCUT2D eigenvalue weighted by atomic mass is 79.9. The minimum atomic E-state index is -0.398. The highest BCUT2D eigenvalue weighted by molar-refractivity contribution is 9.10. The fourth-order valence-corrected chi connectivity index (χ4v) is 3.09. The maximum absolute atomic E-state index is 12.5. The van der Waals surface area contributed by atoms with E-state index in [2.05, 4.69) is 21.2 Å². The van der Waals surface area contributed by atoms with Gasteiger partial charge in [0.15, 0.2) is 0 Å². The third-order valence-electron chi connectivity index (χ3n) is 3.86. The molecule has 0 atom stereocenters. The molecule has 0 bridgehead atoms. The summed E-state index contributed by atoms with van der Waals surface area (Å²) in [4.78, 5) is 12.5. The largest absolute Gasteiger partial charge is 0.329 e. The Hall–Kier alpha value is -0.580. The van der Waals surface area contributed by atoms with Gasteiger partial charge in [0.05, 0.1) is 10.4 Å². The van der Waals surface area contributed by atoms with Crippen LogP contribution in [0.1, 0.15) is 32.1 Å². The number of nitrogens with one attached hydrogen (secondary N) is 1. The molecule has 1 aromatic carbocycles. The Balaban J connectivity index is 2.12. The Morgan fingerprint density at radius 2 is 2.05 bits per heavy atom. The van der Waals surface area contributed by atoms with Gasteiger partial charge in [-0.2, -0.15) is 0 Å². The van der Waals surface area contributed by atoms with E-state index in [1.165, 1.54) is 6.42 Å². The van der Waals surface area contributed by atoms with Gasteiger partial charge < -0.3 is 11.1 Å². The SMILES string of the molecule is NCC1(C(=O)Nc2ccc(Cl)c(Br)c2)CCCCC1. The normalized spacial score (nSPS) is 18.1. The van der Waals surface area contributed by atoms with Crippen molar-refractivity contribution < 1.29 is 4.79 Å². The lowest BCUT2D eigenvalue weighted by molar-refractivity contribution is -0.126. The lowest BCUT2D eigenvalue weighted by atomic mass is 9.73. The van der Waals surface area contributed by atoms with Crippen LogP contribution < -0.4 is 11.1 Å². The smallest absolute Gasteiger partial charge is 0.231 e. The standard InChI is InChI=1S/C14H18BrClN2O/c15-11-8-10(4-5-12(11)16)18-13(19)14(9-17)6-2-1-3-7-14/h4-5,8H,1-3,6-7,9,17H2,(H,18,19). The average molecular weight is 346 g/mol. The number of nitrogens with two attached hydrogens (primary N) is 1. The second kappa shape index (κ2) is 6.25. The molecule has 0 saturated heterocycles. The summed E-state index contributed by atoms with van der Waals surface area (Å²) in [5.41, 5.74) is 6.21. The molecule has 1 fully saturated rings. The number of carbonyl (C=O) groups excluding carboxylic acids is 1. The molecule has 1 amide bonds. The topological polar surface area (TPSA) is 55.1 Å². The summed E-state index contributed by atoms with van der Waals surface area (Å²) in [5, 5.41) is 3.59. The number of halogens is 2. The van der Waals surface area contributed by atoms with E-state index in [0.717, 1.165) is 35.8 Å². The first-order valence-corrected chi connectivity index (χ1v) is 7.71. The van der Waals surface area contributed by atoms with Crippen LogP contribution in [0.3, 0.4) is 0 Å². The van der Waals surface area contributed by atoms with Gasteiger partial charge in [0, 0.05) is 16.7 Å². The molecular weight excluding hydrogens is 328 g/mol. The van der Waals surface area contributed by atoms with Gasteiger partial charge in [-0.3, -0.25) is 4.79 Å². The molecule has 0 spiro atoms. The number of rotatable bonds is 3. The molecule has 0 radical (unpaired) electrons. The molecule has 3 N–H and O–H groups in total. The van der Waals surface area contributed by atoms with Crippen LogP contribution in [-0.4, -0.2) is 12.5 Å². The summed E-state index contributed by atoms with van der Waals surface area (Å²) in [7, 11) is 0. The van der Waals surface area contributed by atoms with Gasteiger partial charge in [0.1, 0.15) is 0 Å². The summed E-state index contributed by atoms with van der Waals surface area (Å²) in [6.45, 7) is 0.410. The molecule has 0 aromatic heterocycles. The van der Waals surface area contributed by atoms with Crippen molar-refractivity contribution in [3.63, 3.8) is 0 Å². The summed E-state index contributed by atoms with van der Waals surface area (Å²) in [5.74, 6) is 0.0314. The molecule has 5 heteroatoms. The van der Waals surface area contributed by atoms with E-state index in [1.807, 2.05) is 6.07 Å². The third-order valence-corrected chi connectivity index (χ3v) is 5.07. The predicted molar refractivity (Wildman–Crippen MR) is 82.4 cm³/mol. The molecule has 1 aliphatic carbocycles. The quantitative estimate of drug-likeness (QED) is 0.871. The van der Waals surface area contributed by atoms with Crippen LogP contribution in [0.5, 0.6) is 0 Å². The van der Waals surface area contributed by atoms with Crippen molar-refractivity contribution in [3.8, 4) is 0 Å². The summed E-state index contributed by atoms with van der Waals surface area (Å²) in [6, 6.07) is 5.38. The Morgan fingerprint density at radius 1 is 1.37 bits per heavy atom. The molecule has 0 heterocycles. The number of amides is 1. The van der Waals surface area contributed by atoms with Crippen LogP contribution in [0.25, 0.3) is 0 Å². The molecule has 104 valence electrons. The van der Waals surface area contributed by atoms with Gasteiger partial charge in [-0.1, -0.05) is 30.9 Å². The average Bonchev–Trinajstić information content (AvgIpc) is 2.43. The first kappa shape index (κ1) is 14.8. The predicted octanol–water partition coefficient (Wildman–Crippen LogP) is 3.95. The minimum Gasteiger partial charge on any atom is -0.329 e. The first-order valence-electron chi connectivity index (χ1n) is 6.54.